The van der Waals surface area contributed by atoms with E-state index < -0.39 is 38.8 Å². The molecule has 10 heteroatoms. The summed E-state index contributed by atoms with van der Waals surface area (Å²) < 4.78 is 5.23. The minimum atomic E-state index is -2.12. The molecule has 4 aliphatic rings. The number of hydrogen-bond acceptors (Lipinski definition) is 8. The number of ether oxygens (including phenoxy) is 1. The molecule has 0 unspecified atom stereocenters. The van der Waals surface area contributed by atoms with Gasteiger partial charge in [-0.05, 0) is 101 Å². The predicted molar refractivity (Wildman–Crippen MR) is 192 cm³/mol. The van der Waals surface area contributed by atoms with Gasteiger partial charge in [0.1, 0.15) is 32.5 Å². The Morgan fingerprint density at radius 3 is 2.46 bits per heavy atom. The molecule has 2 aromatic rings. The summed E-state index contributed by atoms with van der Waals surface area (Å²) in [4.78, 5) is 20.7. The highest BCUT2D eigenvalue weighted by Gasteiger charge is 2.43. The first-order chi connectivity index (χ1) is 23.0. The van der Waals surface area contributed by atoms with Gasteiger partial charge in [-0.3, -0.25) is 9.79 Å². The van der Waals surface area contributed by atoms with Crippen molar-refractivity contribution in [3.8, 4) is 0 Å². The smallest absolute Gasteiger partial charge is 0.251 e. The van der Waals surface area contributed by atoms with Gasteiger partial charge < -0.3 is 35.4 Å². The standard InChI is InChI=1S/C38H49N3O6Si/c1-5-6-7-16-39-25-11-14-28-31(20-25)48(3,4)32-21-26(41-17-8-9-18-41)12-15-29(32)33(28)27-13-10-24(19-23(27)2)37(45)40-22-30-34(42)35(43)36(44)38(46)47-30/h10-15,19-21,30,34-36,38,42-44,46H,5-9,16-18,22H2,1-4H3,(H,40,45)/b39-25-/t30-,34-,35+,36-,38+/m1/s1. The zero-order valence-corrected chi connectivity index (χ0v) is 29.4. The highest BCUT2D eigenvalue weighted by Crippen LogP contribution is 2.43. The van der Waals surface area contributed by atoms with Crippen molar-refractivity contribution >= 4 is 36.1 Å². The van der Waals surface area contributed by atoms with Crippen molar-refractivity contribution in [1.82, 2.24) is 5.32 Å². The summed E-state index contributed by atoms with van der Waals surface area (Å²) in [6, 6.07) is 12.7. The Labute approximate surface area is 284 Å². The summed E-state index contributed by atoms with van der Waals surface area (Å²) in [5.41, 5.74) is 8.43. The Hall–Kier alpha value is -3.38. The second kappa shape index (κ2) is 14.2. The molecule has 2 aromatic carbocycles. The Bertz CT molecular complexity index is 1670. The fraction of sp³-hybridized carbons (Fsp3) is 0.474. The van der Waals surface area contributed by atoms with Gasteiger partial charge in [-0.1, -0.05) is 51.1 Å². The third-order valence-electron chi connectivity index (χ3n) is 10.3. The number of carbonyl (C=O) groups excluding carboxylic acids is 1. The number of aliphatic imine (C=N–C) groups is 1. The number of unbranched alkanes of at least 4 members (excludes halogenated alkanes) is 2. The number of nitrogens with one attached hydrogen (secondary N) is 1. The second-order valence-electron chi connectivity index (χ2n) is 14.0. The van der Waals surface area contributed by atoms with Gasteiger partial charge in [-0.2, -0.15) is 0 Å². The van der Waals surface area contributed by atoms with E-state index in [1.165, 1.54) is 58.5 Å². The van der Waals surface area contributed by atoms with Crippen LogP contribution in [0.2, 0.25) is 13.1 Å². The molecule has 1 aliphatic carbocycles. The fourth-order valence-electron chi connectivity index (χ4n) is 7.44. The van der Waals surface area contributed by atoms with E-state index in [0.717, 1.165) is 42.9 Å². The maximum Gasteiger partial charge on any atom is 0.251 e. The quantitative estimate of drug-likeness (QED) is 0.204. The van der Waals surface area contributed by atoms with Crippen LogP contribution in [-0.2, 0) is 4.74 Å². The van der Waals surface area contributed by atoms with E-state index >= 15 is 0 Å². The van der Waals surface area contributed by atoms with E-state index in [2.05, 4.69) is 66.7 Å². The van der Waals surface area contributed by atoms with Crippen molar-refractivity contribution in [3.05, 3.63) is 87.6 Å². The number of nitrogens with zero attached hydrogens (tertiary/aromatic N) is 2. The molecule has 5 N–H and O–H groups in total. The molecule has 0 saturated carbocycles. The second-order valence-corrected chi connectivity index (χ2v) is 18.3. The first kappa shape index (κ1) is 34.5. The van der Waals surface area contributed by atoms with Crippen molar-refractivity contribution in [1.29, 1.82) is 0 Å². The molecule has 0 bridgehead atoms. The Kier molecular flexibility index (Phi) is 10.2. The molecule has 0 aromatic heterocycles. The summed E-state index contributed by atoms with van der Waals surface area (Å²) in [6.45, 7) is 12.0. The number of aliphatic hydroxyl groups is 4. The first-order valence-electron chi connectivity index (χ1n) is 17.4. The molecule has 0 radical (unpaired) electrons. The van der Waals surface area contributed by atoms with Gasteiger partial charge in [0.05, 0.1) is 5.71 Å². The first-order valence-corrected chi connectivity index (χ1v) is 20.4. The lowest BCUT2D eigenvalue weighted by Gasteiger charge is -2.39. The number of allylic oxidation sites excluding steroid dienone is 5. The van der Waals surface area contributed by atoms with E-state index in [9.17, 15) is 25.2 Å². The maximum absolute atomic E-state index is 13.2. The van der Waals surface area contributed by atoms with Crippen LogP contribution in [0, 0.1) is 6.92 Å². The zero-order valence-electron chi connectivity index (χ0n) is 28.4. The van der Waals surface area contributed by atoms with Crippen molar-refractivity contribution in [2.75, 3.05) is 31.1 Å². The number of carbonyl (C=O) groups is 1. The van der Waals surface area contributed by atoms with Crippen molar-refractivity contribution < 1.29 is 30.0 Å². The molecule has 9 nitrogen and oxygen atoms in total. The lowest BCUT2D eigenvalue weighted by atomic mass is 9.87. The number of aryl methyl sites for hydroxylation is 1. The van der Waals surface area contributed by atoms with E-state index in [4.69, 9.17) is 9.73 Å². The molecule has 1 amide bonds. The lowest BCUT2D eigenvalue weighted by Crippen LogP contribution is -2.60. The average molecular weight is 672 g/mol. The van der Waals surface area contributed by atoms with E-state index in [1.807, 2.05) is 25.1 Å². The molecule has 2 fully saturated rings. The third-order valence-corrected chi connectivity index (χ3v) is 13.8. The summed E-state index contributed by atoms with van der Waals surface area (Å²) >= 11 is 0. The largest absolute Gasteiger partial charge is 0.388 e. The predicted octanol–water partition coefficient (Wildman–Crippen LogP) is 3.52. The van der Waals surface area contributed by atoms with Crippen LogP contribution in [0.4, 0.5) is 5.69 Å². The Morgan fingerprint density at radius 1 is 0.979 bits per heavy atom. The van der Waals surface area contributed by atoms with Gasteiger partial charge in [0.15, 0.2) is 6.29 Å². The Balaban J connectivity index is 1.34. The molecule has 256 valence electrons. The van der Waals surface area contributed by atoms with Crippen molar-refractivity contribution in [2.24, 2.45) is 4.99 Å². The van der Waals surface area contributed by atoms with Crippen LogP contribution < -0.4 is 15.4 Å². The summed E-state index contributed by atoms with van der Waals surface area (Å²) in [5.74, 6) is -0.372. The number of rotatable bonds is 9. The van der Waals surface area contributed by atoms with Gasteiger partial charge in [0, 0.05) is 37.4 Å². The van der Waals surface area contributed by atoms with Crippen LogP contribution >= 0.6 is 0 Å². The monoisotopic (exact) mass is 671 g/mol. The van der Waals surface area contributed by atoms with Crippen molar-refractivity contribution in [2.45, 2.75) is 89.8 Å². The van der Waals surface area contributed by atoms with Gasteiger partial charge in [-0.25, -0.2) is 0 Å². The minimum Gasteiger partial charge on any atom is -0.388 e. The molecule has 48 heavy (non-hydrogen) atoms. The molecule has 6 rings (SSSR count). The van der Waals surface area contributed by atoms with Crippen molar-refractivity contribution in [3.63, 3.8) is 0 Å². The SMILES string of the molecule is CCCCC/N=C1/C=CC2=C(c3ccc(C(=O)NC[C@H]4O[C@H](O)[C@H](O)[C@@H](O)[C@@H]4O)cc3C)c3ccc(N4CCCC4)cc3[Si](C)(C)C2=C1. The molecular weight excluding hydrogens is 623 g/mol. The van der Waals surface area contributed by atoms with Crippen LogP contribution in [0.5, 0.6) is 0 Å². The molecule has 5 atom stereocenters. The summed E-state index contributed by atoms with van der Waals surface area (Å²) in [6.07, 6.45) is 5.20. The van der Waals surface area contributed by atoms with E-state index in [0.29, 0.717) is 5.56 Å². The minimum absolute atomic E-state index is 0.148. The highest BCUT2D eigenvalue weighted by atomic mass is 28.3. The van der Waals surface area contributed by atoms with Crippen LogP contribution in [0.25, 0.3) is 5.57 Å². The third kappa shape index (κ3) is 6.62. The summed E-state index contributed by atoms with van der Waals surface area (Å²) in [7, 11) is -2.12. The van der Waals surface area contributed by atoms with Crippen LogP contribution in [0.15, 0.2) is 70.4 Å². The number of hydrogen-bond donors (Lipinski definition) is 5. The normalized spacial score (nSPS) is 27.2. The molecule has 2 saturated heterocycles. The molecule has 0 spiro atoms. The number of aliphatic hydroxyl groups excluding tert-OH is 4. The maximum atomic E-state index is 13.2. The molecule has 3 aliphatic heterocycles. The number of benzene rings is 2. The topological polar surface area (TPSA) is 135 Å². The van der Waals surface area contributed by atoms with Crippen LogP contribution in [0.3, 0.4) is 0 Å². The zero-order chi connectivity index (χ0) is 34.2. The van der Waals surface area contributed by atoms with Gasteiger partial charge in [0.2, 0.25) is 0 Å². The van der Waals surface area contributed by atoms with E-state index in [-0.39, 0.29) is 12.5 Å². The van der Waals surface area contributed by atoms with E-state index in [1.54, 1.807) is 0 Å². The fourth-order valence-corrected chi connectivity index (χ4v) is 10.5. The number of fused-ring (bicyclic) bond motifs is 2. The van der Waals surface area contributed by atoms with Crippen LogP contribution in [-0.4, -0.2) is 97.0 Å². The average Bonchev–Trinajstić information content (AvgIpc) is 3.63. The summed E-state index contributed by atoms with van der Waals surface area (Å²) in [5, 5.41) is 45.5. The van der Waals surface area contributed by atoms with Gasteiger partial charge in [0.25, 0.3) is 5.91 Å². The molecular formula is C38H49N3O6Si. The molecule has 3 heterocycles. The van der Waals surface area contributed by atoms with Gasteiger partial charge >= 0.3 is 0 Å². The van der Waals surface area contributed by atoms with Gasteiger partial charge in [-0.15, -0.1) is 0 Å². The van der Waals surface area contributed by atoms with Crippen LogP contribution in [0.1, 0.15) is 66.1 Å². The number of amides is 1. The Morgan fingerprint density at radius 2 is 1.73 bits per heavy atom. The lowest BCUT2D eigenvalue weighted by molar-refractivity contribution is -0.279. The number of anilines is 1. The highest BCUT2D eigenvalue weighted by molar-refractivity contribution is 6.98.